The highest BCUT2D eigenvalue weighted by Crippen LogP contribution is 2.23. The van der Waals surface area contributed by atoms with Crippen LogP contribution in [0.4, 0.5) is 0 Å². The summed E-state index contributed by atoms with van der Waals surface area (Å²) < 4.78 is 26.2. The SMILES string of the molecule is O=C(CSc1ccc(S(=O)(=O)N2CCCC2)cn1)NC1CC1. The maximum Gasteiger partial charge on any atom is 0.244 e. The summed E-state index contributed by atoms with van der Waals surface area (Å²) in [5, 5.41) is 3.57. The van der Waals surface area contributed by atoms with Gasteiger partial charge in [0, 0.05) is 25.3 Å². The molecule has 1 aliphatic heterocycles. The minimum Gasteiger partial charge on any atom is -0.353 e. The second-order valence-corrected chi connectivity index (χ2v) is 8.51. The molecular formula is C14H19N3O3S2. The van der Waals surface area contributed by atoms with Gasteiger partial charge in [0.25, 0.3) is 0 Å². The van der Waals surface area contributed by atoms with E-state index in [2.05, 4.69) is 10.3 Å². The number of aromatic nitrogens is 1. The zero-order chi connectivity index (χ0) is 15.6. The monoisotopic (exact) mass is 341 g/mol. The van der Waals surface area contributed by atoms with Gasteiger partial charge in [-0.15, -0.1) is 0 Å². The third-order valence-corrected chi connectivity index (χ3v) is 6.53. The van der Waals surface area contributed by atoms with Crippen LogP contribution in [0.15, 0.2) is 28.3 Å². The molecule has 2 aliphatic rings. The molecule has 120 valence electrons. The van der Waals surface area contributed by atoms with E-state index in [1.54, 1.807) is 12.1 Å². The lowest BCUT2D eigenvalue weighted by molar-refractivity contribution is -0.118. The fraction of sp³-hybridized carbons (Fsp3) is 0.571. The molecule has 0 bridgehead atoms. The summed E-state index contributed by atoms with van der Waals surface area (Å²) in [7, 11) is -3.41. The van der Waals surface area contributed by atoms with Gasteiger partial charge in [-0.3, -0.25) is 4.79 Å². The van der Waals surface area contributed by atoms with Crippen LogP contribution in [0.5, 0.6) is 0 Å². The van der Waals surface area contributed by atoms with E-state index in [1.165, 1.54) is 22.3 Å². The van der Waals surface area contributed by atoms with Crippen LogP contribution >= 0.6 is 11.8 Å². The first kappa shape index (κ1) is 15.8. The van der Waals surface area contributed by atoms with E-state index < -0.39 is 10.0 Å². The Morgan fingerprint density at radius 2 is 2.05 bits per heavy atom. The topological polar surface area (TPSA) is 79.4 Å². The molecule has 1 aliphatic carbocycles. The number of hydrogen-bond acceptors (Lipinski definition) is 5. The minimum atomic E-state index is -3.41. The Labute approximate surface area is 134 Å². The smallest absolute Gasteiger partial charge is 0.244 e. The Morgan fingerprint density at radius 1 is 1.32 bits per heavy atom. The predicted molar refractivity (Wildman–Crippen MR) is 84.1 cm³/mol. The maximum atomic E-state index is 12.4. The molecule has 1 amide bonds. The van der Waals surface area contributed by atoms with Crippen LogP contribution in [-0.2, 0) is 14.8 Å². The van der Waals surface area contributed by atoms with Gasteiger partial charge in [0.1, 0.15) is 4.90 Å². The molecule has 1 N–H and O–H groups in total. The first-order valence-corrected chi connectivity index (χ1v) is 9.86. The van der Waals surface area contributed by atoms with Gasteiger partial charge < -0.3 is 5.32 Å². The van der Waals surface area contributed by atoms with Crippen LogP contribution in [0.1, 0.15) is 25.7 Å². The molecule has 0 unspecified atom stereocenters. The number of nitrogens with zero attached hydrogens (tertiary/aromatic N) is 2. The number of nitrogens with one attached hydrogen (secondary N) is 1. The number of carbonyl (C=O) groups is 1. The molecule has 1 saturated carbocycles. The number of hydrogen-bond donors (Lipinski definition) is 1. The summed E-state index contributed by atoms with van der Waals surface area (Å²) in [4.78, 5) is 16.0. The molecule has 1 aromatic heterocycles. The van der Waals surface area contributed by atoms with E-state index in [-0.39, 0.29) is 10.8 Å². The molecule has 22 heavy (non-hydrogen) atoms. The van der Waals surface area contributed by atoms with Crippen molar-refractivity contribution in [3.8, 4) is 0 Å². The normalized spacial score (nSPS) is 19.3. The minimum absolute atomic E-state index is 0.00284. The summed E-state index contributed by atoms with van der Waals surface area (Å²) in [6.07, 6.45) is 5.34. The van der Waals surface area contributed by atoms with Crippen LogP contribution in [0.3, 0.4) is 0 Å². The molecule has 1 aromatic rings. The zero-order valence-corrected chi connectivity index (χ0v) is 13.8. The van der Waals surface area contributed by atoms with Crippen LogP contribution < -0.4 is 5.32 Å². The second kappa shape index (κ2) is 6.55. The van der Waals surface area contributed by atoms with Crippen molar-refractivity contribution in [2.45, 2.75) is 41.6 Å². The maximum absolute atomic E-state index is 12.4. The molecule has 0 spiro atoms. The number of carbonyl (C=O) groups excluding carboxylic acids is 1. The van der Waals surface area contributed by atoms with E-state index in [0.29, 0.717) is 29.9 Å². The summed E-state index contributed by atoms with van der Waals surface area (Å²) in [6.45, 7) is 1.17. The van der Waals surface area contributed by atoms with Crippen molar-refractivity contribution in [2.75, 3.05) is 18.8 Å². The fourth-order valence-electron chi connectivity index (χ4n) is 2.32. The van der Waals surface area contributed by atoms with E-state index >= 15 is 0 Å². The van der Waals surface area contributed by atoms with E-state index in [4.69, 9.17) is 0 Å². The third-order valence-electron chi connectivity index (χ3n) is 3.71. The lowest BCUT2D eigenvalue weighted by Crippen LogP contribution is -2.28. The largest absolute Gasteiger partial charge is 0.353 e. The molecule has 2 heterocycles. The molecule has 6 nitrogen and oxygen atoms in total. The van der Waals surface area contributed by atoms with Gasteiger partial charge in [-0.2, -0.15) is 4.31 Å². The molecule has 2 fully saturated rings. The van der Waals surface area contributed by atoms with Crippen molar-refractivity contribution in [1.82, 2.24) is 14.6 Å². The number of thioether (sulfide) groups is 1. The lowest BCUT2D eigenvalue weighted by atomic mass is 10.4. The number of pyridine rings is 1. The average molecular weight is 341 g/mol. The molecule has 8 heteroatoms. The van der Waals surface area contributed by atoms with Crippen LogP contribution in [0.2, 0.25) is 0 Å². The fourth-order valence-corrected chi connectivity index (χ4v) is 4.44. The van der Waals surface area contributed by atoms with Crippen molar-refractivity contribution in [3.63, 3.8) is 0 Å². The number of rotatable bonds is 6. The van der Waals surface area contributed by atoms with Crippen molar-refractivity contribution >= 4 is 27.7 Å². The van der Waals surface area contributed by atoms with Crippen LogP contribution in [0, 0.1) is 0 Å². The van der Waals surface area contributed by atoms with Crippen molar-refractivity contribution in [2.24, 2.45) is 0 Å². The van der Waals surface area contributed by atoms with Crippen molar-refractivity contribution < 1.29 is 13.2 Å². The van der Waals surface area contributed by atoms with Gasteiger partial charge in [-0.1, -0.05) is 11.8 Å². The van der Waals surface area contributed by atoms with Gasteiger partial charge in [-0.05, 0) is 37.8 Å². The Hall–Kier alpha value is -1.12. The van der Waals surface area contributed by atoms with Crippen LogP contribution in [0.25, 0.3) is 0 Å². The Kier molecular flexibility index (Phi) is 4.70. The molecule has 3 rings (SSSR count). The van der Waals surface area contributed by atoms with E-state index in [0.717, 1.165) is 25.7 Å². The highest BCUT2D eigenvalue weighted by molar-refractivity contribution is 7.99. The average Bonchev–Trinajstić information content (AvgIpc) is 3.14. The highest BCUT2D eigenvalue weighted by atomic mass is 32.2. The number of amides is 1. The first-order valence-electron chi connectivity index (χ1n) is 7.44. The number of sulfonamides is 1. The standard InChI is InChI=1S/C14H19N3O3S2/c18-13(16-11-3-4-11)10-21-14-6-5-12(9-15-14)22(19,20)17-7-1-2-8-17/h5-6,9,11H,1-4,7-8,10H2,(H,16,18). The summed E-state index contributed by atoms with van der Waals surface area (Å²) in [5.41, 5.74) is 0. The van der Waals surface area contributed by atoms with E-state index in [1.807, 2.05) is 0 Å². The first-order chi connectivity index (χ1) is 10.6. The summed E-state index contributed by atoms with van der Waals surface area (Å²) >= 11 is 1.32. The third kappa shape index (κ3) is 3.80. The quantitative estimate of drug-likeness (QED) is 0.788. The van der Waals surface area contributed by atoms with Gasteiger partial charge in [-0.25, -0.2) is 13.4 Å². The lowest BCUT2D eigenvalue weighted by Gasteiger charge is -2.15. The molecule has 0 radical (unpaired) electrons. The molecule has 1 saturated heterocycles. The van der Waals surface area contributed by atoms with E-state index in [9.17, 15) is 13.2 Å². The van der Waals surface area contributed by atoms with Gasteiger partial charge in [0.15, 0.2) is 0 Å². The Balaban J connectivity index is 1.58. The van der Waals surface area contributed by atoms with Gasteiger partial charge in [0.2, 0.25) is 15.9 Å². The Morgan fingerprint density at radius 3 is 2.64 bits per heavy atom. The van der Waals surface area contributed by atoms with Gasteiger partial charge >= 0.3 is 0 Å². The zero-order valence-electron chi connectivity index (χ0n) is 12.2. The van der Waals surface area contributed by atoms with Crippen molar-refractivity contribution in [3.05, 3.63) is 18.3 Å². The highest BCUT2D eigenvalue weighted by Gasteiger charge is 2.27. The summed E-state index contributed by atoms with van der Waals surface area (Å²) in [6, 6.07) is 3.59. The molecular weight excluding hydrogens is 322 g/mol. The molecule has 0 aromatic carbocycles. The van der Waals surface area contributed by atoms with Crippen LogP contribution in [-0.4, -0.2) is 48.5 Å². The second-order valence-electron chi connectivity index (χ2n) is 5.57. The summed E-state index contributed by atoms with van der Waals surface area (Å²) in [5.74, 6) is 0.310. The molecule has 0 atom stereocenters. The predicted octanol–water partition coefficient (Wildman–Crippen LogP) is 1.24. The van der Waals surface area contributed by atoms with Gasteiger partial charge in [0.05, 0.1) is 10.8 Å². The van der Waals surface area contributed by atoms with Crippen molar-refractivity contribution in [1.29, 1.82) is 0 Å². The Bertz CT molecular complexity index is 636.